The van der Waals surface area contributed by atoms with Gasteiger partial charge in [0.1, 0.15) is 5.82 Å². The van der Waals surface area contributed by atoms with E-state index in [2.05, 4.69) is 18.7 Å². The standard InChI is InChI=1S/C13H21FN2/c1-11(2)10-16(9-5-8-15)13-7-4-3-6-12(13)14/h3-4,6-7,11H,5,8-10,15H2,1-2H3. The average molecular weight is 224 g/mol. The fourth-order valence-electron chi connectivity index (χ4n) is 1.74. The summed E-state index contributed by atoms with van der Waals surface area (Å²) in [6, 6.07) is 6.92. The third-order valence-corrected chi connectivity index (χ3v) is 2.41. The van der Waals surface area contributed by atoms with Crippen molar-refractivity contribution in [1.29, 1.82) is 0 Å². The molecule has 0 aliphatic rings. The number of anilines is 1. The lowest BCUT2D eigenvalue weighted by molar-refractivity contribution is 0.574. The summed E-state index contributed by atoms with van der Waals surface area (Å²) in [5.74, 6) is 0.359. The van der Waals surface area contributed by atoms with Gasteiger partial charge in [0, 0.05) is 13.1 Å². The van der Waals surface area contributed by atoms with E-state index in [1.807, 2.05) is 12.1 Å². The smallest absolute Gasteiger partial charge is 0.146 e. The van der Waals surface area contributed by atoms with Crippen LogP contribution < -0.4 is 10.6 Å². The van der Waals surface area contributed by atoms with E-state index >= 15 is 0 Å². The first kappa shape index (κ1) is 13.0. The van der Waals surface area contributed by atoms with Gasteiger partial charge in [-0.15, -0.1) is 0 Å². The van der Waals surface area contributed by atoms with Gasteiger partial charge >= 0.3 is 0 Å². The summed E-state index contributed by atoms with van der Waals surface area (Å²) in [5, 5.41) is 0. The van der Waals surface area contributed by atoms with Gasteiger partial charge < -0.3 is 10.6 Å². The fourth-order valence-corrected chi connectivity index (χ4v) is 1.74. The molecule has 0 atom stereocenters. The summed E-state index contributed by atoms with van der Waals surface area (Å²) >= 11 is 0. The van der Waals surface area contributed by atoms with Gasteiger partial charge in [0.25, 0.3) is 0 Å². The zero-order chi connectivity index (χ0) is 12.0. The molecule has 3 heteroatoms. The highest BCUT2D eigenvalue weighted by Crippen LogP contribution is 2.19. The Kier molecular flexibility index (Phi) is 5.26. The molecule has 0 spiro atoms. The molecule has 1 rings (SSSR count). The number of para-hydroxylation sites is 1. The first-order valence-corrected chi connectivity index (χ1v) is 5.84. The number of halogens is 1. The van der Waals surface area contributed by atoms with Crippen molar-refractivity contribution in [1.82, 2.24) is 0 Å². The van der Waals surface area contributed by atoms with Gasteiger partial charge in [-0.2, -0.15) is 0 Å². The number of nitrogens with two attached hydrogens (primary N) is 1. The Labute approximate surface area is 97.3 Å². The van der Waals surface area contributed by atoms with Gasteiger partial charge in [0.05, 0.1) is 5.69 Å². The minimum absolute atomic E-state index is 0.153. The van der Waals surface area contributed by atoms with Crippen molar-refractivity contribution >= 4 is 5.69 Å². The molecule has 0 aliphatic carbocycles. The maximum atomic E-state index is 13.6. The normalized spacial score (nSPS) is 10.8. The van der Waals surface area contributed by atoms with E-state index in [1.165, 1.54) is 6.07 Å². The van der Waals surface area contributed by atoms with Crippen molar-refractivity contribution in [2.45, 2.75) is 20.3 Å². The van der Waals surface area contributed by atoms with Crippen molar-refractivity contribution in [3.05, 3.63) is 30.1 Å². The summed E-state index contributed by atoms with van der Waals surface area (Å²) in [6.07, 6.45) is 0.890. The summed E-state index contributed by atoms with van der Waals surface area (Å²) in [5.41, 5.74) is 6.19. The third kappa shape index (κ3) is 3.81. The van der Waals surface area contributed by atoms with Crippen LogP contribution in [0.3, 0.4) is 0 Å². The van der Waals surface area contributed by atoms with E-state index in [0.29, 0.717) is 18.2 Å². The molecule has 0 saturated heterocycles. The Hall–Kier alpha value is -1.09. The van der Waals surface area contributed by atoms with E-state index in [4.69, 9.17) is 5.73 Å². The van der Waals surface area contributed by atoms with Crippen molar-refractivity contribution < 1.29 is 4.39 Å². The first-order valence-electron chi connectivity index (χ1n) is 5.84. The quantitative estimate of drug-likeness (QED) is 0.805. The number of nitrogens with zero attached hydrogens (tertiary/aromatic N) is 1. The topological polar surface area (TPSA) is 29.3 Å². The minimum Gasteiger partial charge on any atom is -0.369 e. The molecule has 1 aromatic carbocycles. The molecule has 1 aromatic rings. The van der Waals surface area contributed by atoms with E-state index < -0.39 is 0 Å². The molecule has 90 valence electrons. The maximum Gasteiger partial charge on any atom is 0.146 e. The second-order valence-corrected chi connectivity index (χ2v) is 4.43. The predicted molar refractivity (Wildman–Crippen MR) is 67.1 cm³/mol. The number of hydrogen-bond donors (Lipinski definition) is 1. The Bertz CT molecular complexity index is 313. The van der Waals surface area contributed by atoms with Crippen LogP contribution >= 0.6 is 0 Å². The van der Waals surface area contributed by atoms with Crippen LogP contribution in [0.1, 0.15) is 20.3 Å². The molecule has 2 nitrogen and oxygen atoms in total. The molecular formula is C13H21FN2. The molecule has 0 saturated carbocycles. The Balaban J connectivity index is 2.78. The van der Waals surface area contributed by atoms with E-state index in [9.17, 15) is 4.39 Å². The van der Waals surface area contributed by atoms with Crippen LogP contribution in [0.4, 0.5) is 10.1 Å². The minimum atomic E-state index is -0.153. The maximum absolute atomic E-state index is 13.6. The Morgan fingerprint density at radius 3 is 2.56 bits per heavy atom. The predicted octanol–water partition coefficient (Wildman–Crippen LogP) is 2.64. The lowest BCUT2D eigenvalue weighted by atomic mass is 10.1. The third-order valence-electron chi connectivity index (χ3n) is 2.41. The van der Waals surface area contributed by atoms with Crippen molar-refractivity contribution in [2.75, 3.05) is 24.5 Å². The van der Waals surface area contributed by atoms with Gasteiger partial charge in [0.15, 0.2) is 0 Å². The number of benzene rings is 1. The zero-order valence-electron chi connectivity index (χ0n) is 10.1. The summed E-state index contributed by atoms with van der Waals surface area (Å²) in [4.78, 5) is 2.08. The average Bonchev–Trinajstić information content (AvgIpc) is 2.24. The number of rotatable bonds is 6. The van der Waals surface area contributed by atoms with Gasteiger partial charge in [-0.25, -0.2) is 4.39 Å². The molecule has 0 amide bonds. The molecule has 0 fully saturated rings. The summed E-state index contributed by atoms with van der Waals surface area (Å²) in [7, 11) is 0. The number of hydrogen-bond acceptors (Lipinski definition) is 2. The molecule has 0 heterocycles. The van der Waals surface area contributed by atoms with E-state index in [-0.39, 0.29) is 5.82 Å². The van der Waals surface area contributed by atoms with Crippen LogP contribution in [0.15, 0.2) is 24.3 Å². The molecule has 0 bridgehead atoms. The van der Waals surface area contributed by atoms with Crippen LogP contribution in [0.2, 0.25) is 0 Å². The van der Waals surface area contributed by atoms with Crippen LogP contribution in [0.5, 0.6) is 0 Å². The van der Waals surface area contributed by atoms with Gasteiger partial charge in [-0.3, -0.25) is 0 Å². The van der Waals surface area contributed by atoms with E-state index in [0.717, 1.165) is 19.5 Å². The van der Waals surface area contributed by atoms with Crippen LogP contribution in [-0.2, 0) is 0 Å². The molecule has 2 N–H and O–H groups in total. The second kappa shape index (κ2) is 6.48. The molecule has 0 unspecified atom stereocenters. The lowest BCUT2D eigenvalue weighted by Gasteiger charge is -2.26. The van der Waals surface area contributed by atoms with Gasteiger partial charge in [-0.1, -0.05) is 26.0 Å². The molecule has 0 aliphatic heterocycles. The van der Waals surface area contributed by atoms with Crippen LogP contribution in [-0.4, -0.2) is 19.6 Å². The monoisotopic (exact) mass is 224 g/mol. The van der Waals surface area contributed by atoms with E-state index in [1.54, 1.807) is 6.07 Å². The summed E-state index contributed by atoms with van der Waals surface area (Å²) < 4.78 is 13.6. The SMILES string of the molecule is CC(C)CN(CCCN)c1ccccc1F. The summed E-state index contributed by atoms with van der Waals surface area (Å²) in [6.45, 7) is 6.59. The molecule has 16 heavy (non-hydrogen) atoms. The highest BCUT2D eigenvalue weighted by atomic mass is 19.1. The highest BCUT2D eigenvalue weighted by molar-refractivity contribution is 5.47. The van der Waals surface area contributed by atoms with Crippen molar-refractivity contribution in [3.8, 4) is 0 Å². The largest absolute Gasteiger partial charge is 0.369 e. The fraction of sp³-hybridized carbons (Fsp3) is 0.538. The second-order valence-electron chi connectivity index (χ2n) is 4.43. The Morgan fingerprint density at radius 2 is 2.00 bits per heavy atom. The molecular weight excluding hydrogens is 203 g/mol. The molecule has 0 aromatic heterocycles. The lowest BCUT2D eigenvalue weighted by Crippen LogP contribution is -2.30. The van der Waals surface area contributed by atoms with Crippen molar-refractivity contribution in [3.63, 3.8) is 0 Å². The highest BCUT2D eigenvalue weighted by Gasteiger charge is 2.11. The van der Waals surface area contributed by atoms with Crippen molar-refractivity contribution in [2.24, 2.45) is 11.7 Å². The van der Waals surface area contributed by atoms with Gasteiger partial charge in [-0.05, 0) is 31.0 Å². The Morgan fingerprint density at radius 1 is 1.31 bits per heavy atom. The molecule has 0 radical (unpaired) electrons. The van der Waals surface area contributed by atoms with Gasteiger partial charge in [0.2, 0.25) is 0 Å². The zero-order valence-corrected chi connectivity index (χ0v) is 10.1. The van der Waals surface area contributed by atoms with Crippen LogP contribution in [0.25, 0.3) is 0 Å². The first-order chi connectivity index (χ1) is 7.65. The van der Waals surface area contributed by atoms with Crippen LogP contribution in [0, 0.1) is 11.7 Å².